The number of carbonyl (C=O) groups is 2. The molecule has 0 aromatic heterocycles. The number of hydrogen-bond donors (Lipinski definition) is 2. The summed E-state index contributed by atoms with van der Waals surface area (Å²) in [7, 11) is 0. The molecule has 1 aromatic carbocycles. The van der Waals surface area contributed by atoms with E-state index in [0.29, 0.717) is 12.1 Å². The maximum atomic E-state index is 12.5. The van der Waals surface area contributed by atoms with Gasteiger partial charge in [0.25, 0.3) is 0 Å². The van der Waals surface area contributed by atoms with Crippen LogP contribution >= 0.6 is 0 Å². The Morgan fingerprint density at radius 3 is 1.52 bits per heavy atom. The smallest absolute Gasteiger partial charge is 0.404 e. The van der Waals surface area contributed by atoms with E-state index < -0.39 is 46.9 Å². The Bertz CT molecular complexity index is 565. The Morgan fingerprint density at radius 2 is 1.22 bits per heavy atom. The molecule has 0 aliphatic carbocycles. The van der Waals surface area contributed by atoms with Crippen molar-refractivity contribution in [1.29, 1.82) is 0 Å². The maximum Gasteiger partial charge on any atom is 0.404 e. The summed E-state index contributed by atoms with van der Waals surface area (Å²) in [5.74, 6) is -7.63. The molecule has 0 amide bonds. The van der Waals surface area contributed by atoms with Crippen LogP contribution in [0.25, 0.3) is 0 Å². The van der Waals surface area contributed by atoms with Crippen molar-refractivity contribution in [1.82, 2.24) is 0 Å². The Labute approximate surface area is 123 Å². The minimum Gasteiger partial charge on any atom is -0.478 e. The standard InChI is InChI=1S/C11H6F6O4.2H2O/c12-10(13,14)7(11(15,16)17)4-1-2-5(8(18)19)6(3-4)9(20)21;;/h1-3,7H,(H,18,19)(H,20,21);2*1H2. The molecule has 0 aliphatic rings. The van der Waals surface area contributed by atoms with E-state index in [2.05, 4.69) is 0 Å². The fourth-order valence-corrected chi connectivity index (χ4v) is 1.67. The van der Waals surface area contributed by atoms with Crippen LogP contribution in [0.2, 0.25) is 0 Å². The number of rotatable bonds is 3. The molecule has 0 fully saturated rings. The molecule has 12 heteroatoms. The van der Waals surface area contributed by atoms with Gasteiger partial charge in [-0.05, 0) is 17.7 Å². The van der Waals surface area contributed by atoms with Gasteiger partial charge in [-0.25, -0.2) is 9.59 Å². The average molecular weight is 352 g/mol. The molecule has 23 heavy (non-hydrogen) atoms. The molecule has 0 saturated carbocycles. The second-order valence-corrected chi connectivity index (χ2v) is 3.93. The van der Waals surface area contributed by atoms with E-state index in [0.717, 1.165) is 0 Å². The van der Waals surface area contributed by atoms with Crippen LogP contribution in [0.4, 0.5) is 26.3 Å². The van der Waals surface area contributed by atoms with Crippen LogP contribution in [-0.4, -0.2) is 45.5 Å². The molecule has 1 rings (SSSR count). The Hall–Kier alpha value is -2.34. The molecule has 0 saturated heterocycles. The molecule has 6 N–H and O–H groups in total. The molecule has 0 aliphatic heterocycles. The fourth-order valence-electron chi connectivity index (χ4n) is 1.67. The van der Waals surface area contributed by atoms with Gasteiger partial charge in [0, 0.05) is 0 Å². The molecule has 6 nitrogen and oxygen atoms in total. The average Bonchev–Trinajstić information content (AvgIpc) is 2.24. The lowest BCUT2D eigenvalue weighted by molar-refractivity contribution is -0.253. The van der Waals surface area contributed by atoms with E-state index in [9.17, 15) is 35.9 Å². The lowest BCUT2D eigenvalue weighted by atomic mass is 9.93. The van der Waals surface area contributed by atoms with Crippen molar-refractivity contribution in [2.45, 2.75) is 18.3 Å². The van der Waals surface area contributed by atoms with Crippen molar-refractivity contribution in [3.63, 3.8) is 0 Å². The summed E-state index contributed by atoms with van der Waals surface area (Å²) >= 11 is 0. The summed E-state index contributed by atoms with van der Waals surface area (Å²) in [5, 5.41) is 17.4. The van der Waals surface area contributed by atoms with Gasteiger partial charge in [0.15, 0.2) is 5.92 Å². The van der Waals surface area contributed by atoms with Gasteiger partial charge < -0.3 is 21.2 Å². The number of alkyl halides is 6. The summed E-state index contributed by atoms with van der Waals surface area (Å²) in [6, 6.07) is 0.755. The molecular weight excluding hydrogens is 342 g/mol. The third-order valence-corrected chi connectivity index (χ3v) is 2.49. The van der Waals surface area contributed by atoms with Gasteiger partial charge in [0.1, 0.15) is 0 Å². The highest BCUT2D eigenvalue weighted by Crippen LogP contribution is 2.46. The van der Waals surface area contributed by atoms with Crippen LogP contribution in [-0.2, 0) is 0 Å². The van der Waals surface area contributed by atoms with Crippen molar-refractivity contribution in [2.75, 3.05) is 0 Å². The molecule has 0 heterocycles. The minimum absolute atomic E-state index is 0. The number of aromatic carboxylic acids is 2. The zero-order valence-electron chi connectivity index (χ0n) is 10.8. The zero-order valence-corrected chi connectivity index (χ0v) is 10.8. The third kappa shape index (κ3) is 5.10. The Balaban J connectivity index is 0. The SMILES string of the molecule is O.O.O=C(O)c1ccc(C(C(F)(F)F)C(F)(F)F)cc1C(=O)O. The highest BCUT2D eigenvalue weighted by Gasteiger charge is 2.57. The molecule has 1 aromatic rings. The first-order valence-electron chi connectivity index (χ1n) is 5.09. The van der Waals surface area contributed by atoms with Gasteiger partial charge in [0.2, 0.25) is 0 Å². The first-order chi connectivity index (χ1) is 9.35. The number of hydrogen-bond acceptors (Lipinski definition) is 2. The minimum atomic E-state index is -5.70. The Kier molecular flexibility index (Phi) is 7.26. The van der Waals surface area contributed by atoms with E-state index in [4.69, 9.17) is 10.2 Å². The second-order valence-electron chi connectivity index (χ2n) is 3.93. The van der Waals surface area contributed by atoms with Gasteiger partial charge in [-0.15, -0.1) is 0 Å². The van der Waals surface area contributed by atoms with Gasteiger partial charge in [-0.3, -0.25) is 0 Å². The molecule has 0 bridgehead atoms. The monoisotopic (exact) mass is 352 g/mol. The number of halogens is 6. The molecular formula is C11H10F6O6. The van der Waals surface area contributed by atoms with Gasteiger partial charge >= 0.3 is 24.3 Å². The number of carboxylic acids is 2. The molecule has 0 unspecified atom stereocenters. The van der Waals surface area contributed by atoms with E-state index in [1.807, 2.05) is 0 Å². The Morgan fingerprint density at radius 1 is 0.826 bits per heavy atom. The van der Waals surface area contributed by atoms with Gasteiger partial charge in [-0.1, -0.05) is 6.07 Å². The predicted molar refractivity (Wildman–Crippen MR) is 62.4 cm³/mol. The summed E-state index contributed by atoms with van der Waals surface area (Å²) in [6.45, 7) is 0. The first-order valence-corrected chi connectivity index (χ1v) is 5.09. The molecule has 0 atom stereocenters. The van der Waals surface area contributed by atoms with E-state index in [1.165, 1.54) is 0 Å². The van der Waals surface area contributed by atoms with Gasteiger partial charge in [0.05, 0.1) is 11.1 Å². The van der Waals surface area contributed by atoms with Crippen molar-refractivity contribution in [2.24, 2.45) is 0 Å². The molecule has 0 radical (unpaired) electrons. The van der Waals surface area contributed by atoms with Crippen molar-refractivity contribution in [3.8, 4) is 0 Å². The summed E-state index contributed by atoms with van der Waals surface area (Å²) in [4.78, 5) is 21.5. The number of carboxylic acid groups (broad SMARTS) is 2. The van der Waals surface area contributed by atoms with Crippen molar-refractivity contribution < 1.29 is 57.1 Å². The van der Waals surface area contributed by atoms with Crippen LogP contribution < -0.4 is 0 Å². The van der Waals surface area contributed by atoms with Crippen LogP contribution in [0.3, 0.4) is 0 Å². The normalized spacial score (nSPS) is 11.4. The van der Waals surface area contributed by atoms with Crippen LogP contribution in [0.5, 0.6) is 0 Å². The van der Waals surface area contributed by atoms with E-state index >= 15 is 0 Å². The zero-order chi connectivity index (χ0) is 16.6. The highest BCUT2D eigenvalue weighted by atomic mass is 19.4. The van der Waals surface area contributed by atoms with Gasteiger partial charge in [-0.2, -0.15) is 26.3 Å². The van der Waals surface area contributed by atoms with Crippen LogP contribution in [0, 0.1) is 0 Å². The first kappa shape index (κ1) is 22.9. The summed E-state index contributed by atoms with van der Waals surface area (Å²) in [5.41, 5.74) is -3.45. The predicted octanol–water partition coefficient (Wildman–Crippen LogP) is 1.64. The summed E-state index contributed by atoms with van der Waals surface area (Å²) < 4.78 is 75.1. The molecule has 0 spiro atoms. The lowest BCUT2D eigenvalue weighted by Crippen LogP contribution is -2.34. The third-order valence-electron chi connectivity index (χ3n) is 2.49. The van der Waals surface area contributed by atoms with E-state index in [1.54, 1.807) is 0 Å². The van der Waals surface area contributed by atoms with Crippen LogP contribution in [0.15, 0.2) is 18.2 Å². The van der Waals surface area contributed by atoms with Crippen LogP contribution in [0.1, 0.15) is 32.2 Å². The highest BCUT2D eigenvalue weighted by molar-refractivity contribution is 6.01. The van der Waals surface area contributed by atoms with E-state index in [-0.39, 0.29) is 17.0 Å². The maximum absolute atomic E-state index is 12.5. The van der Waals surface area contributed by atoms with Crippen molar-refractivity contribution >= 4 is 11.9 Å². The lowest BCUT2D eigenvalue weighted by Gasteiger charge is -2.23. The summed E-state index contributed by atoms with van der Waals surface area (Å²) in [6.07, 6.45) is -11.4. The second kappa shape index (κ2) is 7.28. The fraction of sp³-hybridized carbons (Fsp3) is 0.273. The largest absolute Gasteiger partial charge is 0.478 e. The number of benzene rings is 1. The quantitative estimate of drug-likeness (QED) is 0.799. The molecule has 132 valence electrons. The van der Waals surface area contributed by atoms with Crippen molar-refractivity contribution in [3.05, 3.63) is 34.9 Å². The topological polar surface area (TPSA) is 138 Å².